The van der Waals surface area contributed by atoms with Crippen LogP contribution in [0.2, 0.25) is 0 Å². The number of benzene rings is 7. The largest absolute Gasteiger partial charge is 0.507 e. The van der Waals surface area contributed by atoms with Crippen LogP contribution in [0.1, 0.15) is 84.6 Å². The van der Waals surface area contributed by atoms with Gasteiger partial charge in [0.1, 0.15) is 11.6 Å². The average Bonchev–Trinajstić information content (AvgIpc) is 3.68. The lowest BCUT2D eigenvalue weighted by Crippen LogP contribution is -2.18. The third kappa shape index (κ3) is 8.54. The van der Waals surface area contributed by atoms with Crippen LogP contribution in [0.25, 0.3) is 83.9 Å². The molecule has 9 rings (SSSR count). The zero-order valence-corrected chi connectivity index (χ0v) is 39.5. The second kappa shape index (κ2) is 16.5. The van der Waals surface area contributed by atoms with E-state index in [0.29, 0.717) is 11.4 Å². The molecule has 65 heavy (non-hydrogen) atoms. The quantitative estimate of drug-likeness (QED) is 0.174. The Kier molecular flexibility index (Phi) is 11.0. The first-order valence-corrected chi connectivity index (χ1v) is 22.8. The summed E-state index contributed by atoms with van der Waals surface area (Å²) >= 11 is 0. The van der Waals surface area contributed by atoms with E-state index in [1.807, 2.05) is 6.20 Å². The standard InChI is InChI=1S/C61H59N3O/c1-39-24-26-42(27-25-39)44-30-31-62-53(36-44)47-33-45(41-20-15-12-16-21-41)32-46(34-47)49-22-17-23-55-56(49)63-58(50-37-48(59(2,3)4)38-52(57(50)65)61(8,9)10)64(55)54-29-28-43(35-51(54)60(5,6)7)40-18-13-11-14-19-40/h11-38,65H,1-10H3. The molecule has 2 aromatic heterocycles. The zero-order chi connectivity index (χ0) is 45.8. The van der Waals surface area contributed by atoms with Gasteiger partial charge in [0.05, 0.1) is 28.0 Å². The summed E-state index contributed by atoms with van der Waals surface area (Å²) < 4.78 is 2.30. The number of hydrogen-bond acceptors (Lipinski definition) is 3. The molecule has 0 atom stereocenters. The topological polar surface area (TPSA) is 50.9 Å². The molecule has 9 aromatic rings. The molecule has 324 valence electrons. The monoisotopic (exact) mass is 849 g/mol. The number of imidazole rings is 1. The first-order valence-electron chi connectivity index (χ1n) is 22.8. The van der Waals surface area contributed by atoms with Gasteiger partial charge in [0.2, 0.25) is 0 Å². The molecule has 0 aliphatic rings. The van der Waals surface area contributed by atoms with E-state index in [2.05, 4.69) is 238 Å². The van der Waals surface area contributed by atoms with Gasteiger partial charge >= 0.3 is 0 Å². The lowest BCUT2D eigenvalue weighted by molar-refractivity contribution is 0.446. The minimum absolute atomic E-state index is 0.183. The predicted molar refractivity (Wildman–Crippen MR) is 274 cm³/mol. The van der Waals surface area contributed by atoms with Crippen LogP contribution in [-0.4, -0.2) is 19.6 Å². The van der Waals surface area contributed by atoms with Crippen LogP contribution >= 0.6 is 0 Å². The van der Waals surface area contributed by atoms with E-state index in [9.17, 15) is 5.11 Å². The molecule has 4 heteroatoms. The van der Waals surface area contributed by atoms with Crippen LogP contribution in [0.15, 0.2) is 170 Å². The Labute approximate surface area is 385 Å². The van der Waals surface area contributed by atoms with Gasteiger partial charge in [0.25, 0.3) is 0 Å². The highest BCUT2D eigenvalue weighted by Gasteiger charge is 2.30. The van der Waals surface area contributed by atoms with Gasteiger partial charge < -0.3 is 5.11 Å². The fourth-order valence-corrected chi connectivity index (χ4v) is 8.95. The molecule has 0 fully saturated rings. The lowest BCUT2D eigenvalue weighted by atomic mass is 9.78. The normalized spacial score (nSPS) is 12.2. The van der Waals surface area contributed by atoms with Crippen molar-refractivity contribution in [1.29, 1.82) is 0 Å². The summed E-state index contributed by atoms with van der Waals surface area (Å²) in [6, 6.07) is 58.5. The molecule has 0 saturated carbocycles. The molecule has 0 aliphatic carbocycles. The van der Waals surface area contributed by atoms with Crippen molar-refractivity contribution in [3.63, 3.8) is 0 Å². The van der Waals surface area contributed by atoms with E-state index in [1.54, 1.807) is 0 Å². The van der Waals surface area contributed by atoms with Crippen LogP contribution < -0.4 is 0 Å². The number of hydrogen-bond donors (Lipinski definition) is 1. The number of phenolic OH excluding ortho intramolecular Hbond substituents is 1. The Balaban J connectivity index is 1.35. The minimum atomic E-state index is -0.324. The average molecular weight is 850 g/mol. The molecule has 7 aromatic carbocycles. The molecule has 2 heterocycles. The van der Waals surface area contributed by atoms with Crippen molar-refractivity contribution in [1.82, 2.24) is 14.5 Å². The van der Waals surface area contributed by atoms with Crippen LogP contribution in [-0.2, 0) is 16.2 Å². The second-order valence-corrected chi connectivity index (χ2v) is 20.7. The van der Waals surface area contributed by atoms with Crippen molar-refractivity contribution in [2.24, 2.45) is 0 Å². The smallest absolute Gasteiger partial charge is 0.149 e. The van der Waals surface area contributed by atoms with E-state index < -0.39 is 0 Å². The molecule has 4 nitrogen and oxygen atoms in total. The number of rotatable bonds is 7. The predicted octanol–water partition coefficient (Wildman–Crippen LogP) is 16.3. The van der Waals surface area contributed by atoms with Gasteiger partial charge in [-0.2, -0.15) is 0 Å². The van der Waals surface area contributed by atoms with E-state index in [4.69, 9.17) is 9.97 Å². The molecule has 0 unspecified atom stereocenters. The van der Waals surface area contributed by atoms with Gasteiger partial charge in [0.15, 0.2) is 0 Å². The van der Waals surface area contributed by atoms with Gasteiger partial charge in [-0.1, -0.05) is 177 Å². The van der Waals surface area contributed by atoms with Crippen molar-refractivity contribution in [3.05, 3.63) is 192 Å². The number of nitrogens with zero attached hydrogens (tertiary/aromatic N) is 3. The summed E-state index contributed by atoms with van der Waals surface area (Å²) in [6.45, 7) is 22.2. The highest BCUT2D eigenvalue weighted by atomic mass is 16.3. The summed E-state index contributed by atoms with van der Waals surface area (Å²) in [6.07, 6.45) is 1.91. The first-order chi connectivity index (χ1) is 30.9. The van der Waals surface area contributed by atoms with Gasteiger partial charge in [-0.05, 0) is 128 Å². The molecule has 0 spiro atoms. The Hall–Kier alpha value is -7.04. The molecular formula is C61H59N3O. The van der Waals surface area contributed by atoms with Gasteiger partial charge in [-0.3, -0.25) is 9.55 Å². The summed E-state index contributed by atoms with van der Waals surface area (Å²) in [7, 11) is 0. The van der Waals surface area contributed by atoms with Crippen LogP contribution in [0.5, 0.6) is 5.75 Å². The second-order valence-electron chi connectivity index (χ2n) is 20.7. The number of aromatic hydroxyl groups is 1. The maximum atomic E-state index is 12.6. The molecule has 0 bridgehead atoms. The fraction of sp³-hybridized carbons (Fsp3) is 0.213. The van der Waals surface area contributed by atoms with E-state index in [0.717, 1.165) is 78.0 Å². The van der Waals surface area contributed by atoms with Crippen LogP contribution in [0.4, 0.5) is 0 Å². The van der Waals surface area contributed by atoms with Crippen LogP contribution in [0, 0.1) is 6.92 Å². The number of aryl methyl sites for hydroxylation is 1. The SMILES string of the molecule is Cc1ccc(-c2ccnc(-c3cc(-c4ccccc4)cc(-c4cccc5c4nc(-c4cc(C(C)(C)C)cc(C(C)(C)C)c4O)n5-c4ccc(-c5ccccc5)cc4C(C)(C)C)c3)c2)cc1. The Morgan fingerprint density at radius 3 is 1.68 bits per heavy atom. The third-order valence-corrected chi connectivity index (χ3v) is 12.7. The number of para-hydroxylation sites is 1. The Bertz CT molecular complexity index is 3190. The van der Waals surface area contributed by atoms with Crippen LogP contribution in [0.3, 0.4) is 0 Å². The molecule has 1 N–H and O–H groups in total. The number of pyridine rings is 1. The Morgan fingerprint density at radius 1 is 0.446 bits per heavy atom. The summed E-state index contributed by atoms with van der Waals surface area (Å²) in [5.74, 6) is 0.959. The molecule has 0 aliphatic heterocycles. The minimum Gasteiger partial charge on any atom is -0.507 e. The molecule has 0 amide bonds. The Morgan fingerprint density at radius 2 is 1.03 bits per heavy atom. The highest BCUT2D eigenvalue weighted by molar-refractivity contribution is 5.98. The molecule has 0 saturated heterocycles. The number of phenols is 1. The van der Waals surface area contributed by atoms with E-state index in [-0.39, 0.29) is 22.0 Å². The molecular weight excluding hydrogens is 791 g/mol. The van der Waals surface area contributed by atoms with Crippen molar-refractivity contribution in [2.75, 3.05) is 0 Å². The van der Waals surface area contributed by atoms with Gasteiger partial charge in [0, 0.05) is 22.9 Å². The highest BCUT2D eigenvalue weighted by Crippen LogP contribution is 2.46. The lowest BCUT2D eigenvalue weighted by Gasteiger charge is -2.28. The number of fused-ring (bicyclic) bond motifs is 1. The summed E-state index contributed by atoms with van der Waals surface area (Å²) in [5.41, 5.74) is 18.0. The number of aromatic nitrogens is 3. The van der Waals surface area contributed by atoms with Crippen molar-refractivity contribution < 1.29 is 5.11 Å². The van der Waals surface area contributed by atoms with Gasteiger partial charge in [-0.15, -0.1) is 0 Å². The first kappa shape index (κ1) is 43.2. The van der Waals surface area contributed by atoms with E-state index >= 15 is 0 Å². The van der Waals surface area contributed by atoms with Gasteiger partial charge in [-0.25, -0.2) is 4.98 Å². The third-order valence-electron chi connectivity index (χ3n) is 12.7. The van der Waals surface area contributed by atoms with E-state index in [1.165, 1.54) is 16.7 Å². The fourth-order valence-electron chi connectivity index (χ4n) is 8.95. The summed E-state index contributed by atoms with van der Waals surface area (Å²) in [5, 5.41) is 12.6. The zero-order valence-electron chi connectivity index (χ0n) is 39.5. The van der Waals surface area contributed by atoms with Crippen molar-refractivity contribution >= 4 is 11.0 Å². The summed E-state index contributed by atoms with van der Waals surface area (Å²) in [4.78, 5) is 10.7. The maximum Gasteiger partial charge on any atom is 0.149 e. The maximum absolute atomic E-state index is 12.6. The van der Waals surface area contributed by atoms with Crippen molar-refractivity contribution in [2.45, 2.75) is 85.5 Å². The van der Waals surface area contributed by atoms with Crippen molar-refractivity contribution in [3.8, 4) is 78.6 Å². The molecule has 0 radical (unpaired) electrons.